The Hall–Kier alpha value is -3.31. The molecule has 0 unspecified atom stereocenters. The van der Waals surface area contributed by atoms with Crippen LogP contribution in [0.15, 0.2) is 72.9 Å². The fourth-order valence-electron chi connectivity index (χ4n) is 4.02. The van der Waals surface area contributed by atoms with Crippen molar-refractivity contribution in [2.24, 2.45) is 0 Å². The normalized spacial score (nSPS) is 11.9. The quantitative estimate of drug-likeness (QED) is 0.408. The van der Waals surface area contributed by atoms with Gasteiger partial charge in [0.2, 0.25) is 0 Å². The molecule has 0 aliphatic carbocycles. The molecule has 0 spiro atoms. The van der Waals surface area contributed by atoms with Crippen LogP contribution in [0.5, 0.6) is 5.75 Å². The fraction of sp³-hybridized carbons (Fsp3) is 0. The summed E-state index contributed by atoms with van der Waals surface area (Å²) in [6.07, 6.45) is 1.94. The van der Waals surface area contributed by atoms with Crippen molar-refractivity contribution in [2.45, 2.75) is 0 Å². The van der Waals surface area contributed by atoms with Crippen LogP contribution in [0.1, 0.15) is 0 Å². The van der Waals surface area contributed by atoms with Crippen molar-refractivity contribution in [2.75, 3.05) is 0 Å². The SMILES string of the molecule is [B]c1ccc2c(c1)c1ccc(O)cc1n2-c1cc2c(cn1)sc1ccccc12. The fourth-order valence-corrected chi connectivity index (χ4v) is 5.07. The first-order chi connectivity index (χ1) is 13.7. The van der Waals surface area contributed by atoms with E-state index in [4.69, 9.17) is 12.8 Å². The van der Waals surface area contributed by atoms with Gasteiger partial charge in [0.25, 0.3) is 0 Å². The molecule has 28 heavy (non-hydrogen) atoms. The standard InChI is InChI=1S/C23H13BN2OS/c24-13-5-8-19-17(9-13)15-7-6-14(27)10-20(15)26(19)23-11-18-16-3-1-2-4-21(16)28-22(18)12-25-23/h1-12,27H. The number of aromatic nitrogens is 2. The first-order valence-electron chi connectivity index (χ1n) is 8.99. The van der Waals surface area contributed by atoms with Crippen LogP contribution in [0.4, 0.5) is 0 Å². The van der Waals surface area contributed by atoms with E-state index in [0.717, 1.165) is 32.3 Å². The molecule has 0 aliphatic rings. The Balaban J connectivity index is 1.76. The summed E-state index contributed by atoms with van der Waals surface area (Å²) in [5.74, 6) is 1.05. The molecule has 6 rings (SSSR count). The zero-order valence-corrected chi connectivity index (χ0v) is 15.6. The van der Waals surface area contributed by atoms with E-state index in [-0.39, 0.29) is 5.75 Å². The van der Waals surface area contributed by atoms with Gasteiger partial charge in [0.05, 0.1) is 15.7 Å². The number of thiophene rings is 1. The Morgan fingerprint density at radius 3 is 2.61 bits per heavy atom. The lowest BCUT2D eigenvalue weighted by atomic mass is 9.94. The number of hydrogen-bond donors (Lipinski definition) is 1. The molecule has 3 aromatic heterocycles. The second kappa shape index (κ2) is 5.60. The number of pyridine rings is 1. The molecule has 3 heterocycles. The van der Waals surface area contributed by atoms with Crippen molar-refractivity contribution in [3.8, 4) is 11.6 Å². The number of nitrogens with zero attached hydrogens (tertiary/aromatic N) is 2. The molecule has 0 saturated heterocycles. The summed E-state index contributed by atoms with van der Waals surface area (Å²) < 4.78 is 4.51. The molecule has 2 radical (unpaired) electrons. The molecule has 0 amide bonds. The van der Waals surface area contributed by atoms with Crippen molar-refractivity contribution in [1.29, 1.82) is 0 Å². The highest BCUT2D eigenvalue weighted by Crippen LogP contribution is 2.37. The van der Waals surface area contributed by atoms with Gasteiger partial charge in [-0.1, -0.05) is 35.8 Å². The summed E-state index contributed by atoms with van der Waals surface area (Å²) in [5, 5.41) is 14.6. The van der Waals surface area contributed by atoms with Crippen LogP contribution in [-0.4, -0.2) is 22.5 Å². The highest BCUT2D eigenvalue weighted by atomic mass is 32.1. The van der Waals surface area contributed by atoms with Gasteiger partial charge in [0.1, 0.15) is 19.4 Å². The van der Waals surface area contributed by atoms with Gasteiger partial charge in [-0.2, -0.15) is 0 Å². The molecule has 0 atom stereocenters. The van der Waals surface area contributed by atoms with Crippen LogP contribution >= 0.6 is 11.3 Å². The van der Waals surface area contributed by atoms with E-state index in [1.165, 1.54) is 15.5 Å². The minimum atomic E-state index is 0.228. The maximum Gasteiger partial charge on any atom is 0.138 e. The van der Waals surface area contributed by atoms with Gasteiger partial charge < -0.3 is 5.11 Å². The Morgan fingerprint density at radius 2 is 1.68 bits per heavy atom. The summed E-state index contributed by atoms with van der Waals surface area (Å²) in [7, 11) is 6.04. The molecule has 5 heteroatoms. The molecule has 130 valence electrons. The van der Waals surface area contributed by atoms with Crippen LogP contribution in [0, 0.1) is 0 Å². The average molecular weight is 376 g/mol. The molecule has 3 aromatic carbocycles. The van der Waals surface area contributed by atoms with Crippen LogP contribution in [0.2, 0.25) is 0 Å². The van der Waals surface area contributed by atoms with Crippen LogP contribution in [0.25, 0.3) is 47.8 Å². The van der Waals surface area contributed by atoms with Crippen molar-refractivity contribution in [1.82, 2.24) is 9.55 Å². The van der Waals surface area contributed by atoms with Crippen molar-refractivity contribution in [3.63, 3.8) is 0 Å². The van der Waals surface area contributed by atoms with E-state index >= 15 is 0 Å². The number of phenolic OH excluding ortho intramolecular Hbond substituents is 1. The van der Waals surface area contributed by atoms with E-state index in [9.17, 15) is 5.11 Å². The third-order valence-electron chi connectivity index (χ3n) is 5.25. The van der Waals surface area contributed by atoms with Gasteiger partial charge in [0.15, 0.2) is 0 Å². The highest BCUT2D eigenvalue weighted by molar-refractivity contribution is 7.25. The monoisotopic (exact) mass is 376 g/mol. The van der Waals surface area contributed by atoms with E-state index in [1.807, 2.05) is 30.5 Å². The Bertz CT molecular complexity index is 1550. The molecule has 0 aliphatic heterocycles. The smallest absolute Gasteiger partial charge is 0.138 e. The molecular formula is C23H13BN2OS. The Kier molecular flexibility index (Phi) is 3.14. The third-order valence-corrected chi connectivity index (χ3v) is 6.37. The van der Waals surface area contributed by atoms with E-state index in [1.54, 1.807) is 23.5 Å². The molecule has 0 fully saturated rings. The van der Waals surface area contributed by atoms with Gasteiger partial charge in [-0.05, 0) is 30.3 Å². The molecule has 1 N–H and O–H groups in total. The van der Waals surface area contributed by atoms with Crippen molar-refractivity contribution in [3.05, 3.63) is 72.9 Å². The largest absolute Gasteiger partial charge is 0.508 e. The molecule has 0 saturated carbocycles. The lowest BCUT2D eigenvalue weighted by Crippen LogP contribution is -2.01. The number of phenols is 1. The van der Waals surface area contributed by atoms with Crippen LogP contribution in [0.3, 0.4) is 0 Å². The van der Waals surface area contributed by atoms with Gasteiger partial charge in [-0.25, -0.2) is 4.98 Å². The van der Waals surface area contributed by atoms with Crippen LogP contribution < -0.4 is 5.46 Å². The second-order valence-electron chi connectivity index (χ2n) is 6.95. The topological polar surface area (TPSA) is 38.0 Å². The summed E-state index contributed by atoms with van der Waals surface area (Å²) in [5.41, 5.74) is 2.64. The van der Waals surface area contributed by atoms with Gasteiger partial charge in [0, 0.05) is 38.5 Å². The minimum absolute atomic E-state index is 0.228. The van der Waals surface area contributed by atoms with Gasteiger partial charge in [-0.15, -0.1) is 11.3 Å². The lowest BCUT2D eigenvalue weighted by Gasteiger charge is -2.07. The number of benzene rings is 3. The van der Waals surface area contributed by atoms with E-state index < -0.39 is 0 Å². The summed E-state index contributed by atoms with van der Waals surface area (Å²) in [4.78, 5) is 4.76. The number of rotatable bonds is 1. The Morgan fingerprint density at radius 1 is 0.786 bits per heavy atom. The lowest BCUT2D eigenvalue weighted by molar-refractivity contribution is 0.476. The predicted molar refractivity (Wildman–Crippen MR) is 119 cm³/mol. The molecule has 3 nitrogen and oxygen atoms in total. The third kappa shape index (κ3) is 2.14. The van der Waals surface area contributed by atoms with Gasteiger partial charge >= 0.3 is 0 Å². The summed E-state index contributed by atoms with van der Waals surface area (Å²) in [6, 6.07) is 21.9. The van der Waals surface area contributed by atoms with Crippen molar-refractivity contribution >= 4 is 66.6 Å². The molecule has 0 bridgehead atoms. The summed E-state index contributed by atoms with van der Waals surface area (Å²) in [6.45, 7) is 0. The highest BCUT2D eigenvalue weighted by Gasteiger charge is 2.15. The van der Waals surface area contributed by atoms with Gasteiger partial charge in [-0.3, -0.25) is 4.57 Å². The van der Waals surface area contributed by atoms with Crippen molar-refractivity contribution < 1.29 is 5.11 Å². The molecular weight excluding hydrogens is 363 g/mol. The second-order valence-corrected chi connectivity index (χ2v) is 8.03. The number of aromatic hydroxyl groups is 1. The van der Waals surface area contributed by atoms with E-state index in [0.29, 0.717) is 5.46 Å². The summed E-state index contributed by atoms with van der Waals surface area (Å²) >= 11 is 1.75. The maximum atomic E-state index is 10.1. The maximum absolute atomic E-state index is 10.1. The average Bonchev–Trinajstić information content (AvgIpc) is 3.22. The zero-order valence-electron chi connectivity index (χ0n) is 14.8. The van der Waals surface area contributed by atoms with E-state index in [2.05, 4.69) is 34.9 Å². The first-order valence-corrected chi connectivity index (χ1v) is 9.81. The number of hydrogen-bond acceptors (Lipinski definition) is 3. The predicted octanol–water partition coefficient (Wildman–Crippen LogP) is 5.05. The number of fused-ring (bicyclic) bond motifs is 6. The minimum Gasteiger partial charge on any atom is -0.508 e. The van der Waals surface area contributed by atoms with Crippen LogP contribution in [-0.2, 0) is 0 Å². The first kappa shape index (κ1) is 15.7. The zero-order chi connectivity index (χ0) is 18.8. The Labute approximate surface area is 165 Å². The molecule has 6 aromatic rings.